The van der Waals surface area contributed by atoms with Gasteiger partial charge in [-0.15, -0.1) is 0 Å². The predicted octanol–water partition coefficient (Wildman–Crippen LogP) is 2.10. The summed E-state index contributed by atoms with van der Waals surface area (Å²) in [6.07, 6.45) is -2.74. The van der Waals surface area contributed by atoms with Crippen LogP contribution in [0.1, 0.15) is 25.1 Å². The summed E-state index contributed by atoms with van der Waals surface area (Å²) in [6, 6.07) is 0. The van der Waals surface area contributed by atoms with Gasteiger partial charge in [-0.3, -0.25) is 0 Å². The van der Waals surface area contributed by atoms with Crippen LogP contribution in [0.3, 0.4) is 0 Å². The summed E-state index contributed by atoms with van der Waals surface area (Å²) in [6.45, 7) is 1.84. The van der Waals surface area contributed by atoms with Gasteiger partial charge in [-0.2, -0.15) is 17.5 Å². The minimum absolute atomic E-state index is 0.111. The second kappa shape index (κ2) is 6.24. The van der Waals surface area contributed by atoms with E-state index in [0.717, 1.165) is 0 Å². The summed E-state index contributed by atoms with van der Waals surface area (Å²) >= 11 is 0. The second-order valence-corrected chi connectivity index (χ2v) is 8.82. The average molecular weight is 381 g/mol. The van der Waals surface area contributed by atoms with E-state index in [0.29, 0.717) is 5.82 Å². The Bertz CT molecular complexity index is 719. The van der Waals surface area contributed by atoms with Crippen molar-refractivity contribution in [2.75, 3.05) is 26.3 Å². The molecule has 2 aliphatic heterocycles. The van der Waals surface area contributed by atoms with Crippen molar-refractivity contribution in [2.45, 2.75) is 37.4 Å². The molecule has 2 aliphatic rings. The van der Waals surface area contributed by atoms with E-state index < -0.39 is 27.5 Å². The Morgan fingerprint density at radius 1 is 1.32 bits per heavy atom. The molecule has 0 unspecified atom stereocenters. The lowest BCUT2D eigenvalue weighted by atomic mass is 9.66. The van der Waals surface area contributed by atoms with Gasteiger partial charge in [0.05, 0.1) is 5.92 Å². The van der Waals surface area contributed by atoms with Crippen LogP contribution >= 0.6 is 0 Å². The SMILES string of the molecule is Cc1nc(S(=O)(=O)N2CC[C@@H](C(F)(F)F)C3(CCOCC3)C2)cn1C. The third-order valence-electron chi connectivity index (χ3n) is 5.47. The molecule has 2 saturated heterocycles. The van der Waals surface area contributed by atoms with Crippen LogP contribution in [0.4, 0.5) is 13.2 Å². The zero-order valence-corrected chi connectivity index (χ0v) is 15.0. The first kappa shape index (κ1) is 18.7. The number of halogens is 3. The van der Waals surface area contributed by atoms with Gasteiger partial charge in [-0.05, 0) is 26.2 Å². The van der Waals surface area contributed by atoms with Gasteiger partial charge < -0.3 is 9.30 Å². The monoisotopic (exact) mass is 381 g/mol. The zero-order valence-electron chi connectivity index (χ0n) is 14.2. The Labute approximate surface area is 145 Å². The molecule has 1 spiro atoms. The van der Waals surface area contributed by atoms with Crippen molar-refractivity contribution >= 4 is 10.0 Å². The van der Waals surface area contributed by atoms with Gasteiger partial charge in [0.1, 0.15) is 5.82 Å². The highest BCUT2D eigenvalue weighted by Gasteiger charge is 2.57. The number of aryl methyl sites for hydroxylation is 2. The molecule has 6 nitrogen and oxygen atoms in total. The van der Waals surface area contributed by atoms with Gasteiger partial charge in [0, 0.05) is 45.0 Å². The molecular formula is C15H22F3N3O3S. The van der Waals surface area contributed by atoms with Crippen LogP contribution < -0.4 is 0 Å². The molecule has 0 aliphatic carbocycles. The molecule has 0 amide bonds. The van der Waals surface area contributed by atoms with Crippen molar-refractivity contribution in [2.24, 2.45) is 18.4 Å². The number of alkyl halides is 3. The number of nitrogens with zero attached hydrogens (tertiary/aromatic N) is 3. The van der Waals surface area contributed by atoms with Crippen LogP contribution in [0, 0.1) is 18.3 Å². The molecular weight excluding hydrogens is 359 g/mol. The summed E-state index contributed by atoms with van der Waals surface area (Å²) in [5.41, 5.74) is -1.12. The first-order chi connectivity index (χ1) is 11.6. The molecule has 0 radical (unpaired) electrons. The number of aromatic nitrogens is 2. The summed E-state index contributed by atoms with van der Waals surface area (Å²) in [4.78, 5) is 4.04. The quantitative estimate of drug-likeness (QED) is 0.787. The molecule has 1 aromatic rings. The zero-order chi connectivity index (χ0) is 18.5. The Kier molecular flexibility index (Phi) is 4.66. The average Bonchev–Trinajstić information content (AvgIpc) is 2.87. The molecule has 1 atom stereocenters. The van der Waals surface area contributed by atoms with Gasteiger partial charge in [0.15, 0.2) is 5.03 Å². The van der Waals surface area contributed by atoms with Crippen LogP contribution in [0.25, 0.3) is 0 Å². The first-order valence-electron chi connectivity index (χ1n) is 8.21. The van der Waals surface area contributed by atoms with Crippen molar-refractivity contribution < 1.29 is 26.3 Å². The number of sulfonamides is 1. The van der Waals surface area contributed by atoms with Crippen LogP contribution in [0.15, 0.2) is 11.2 Å². The minimum Gasteiger partial charge on any atom is -0.381 e. The topological polar surface area (TPSA) is 64.4 Å². The van der Waals surface area contributed by atoms with Gasteiger partial charge in [0.25, 0.3) is 10.0 Å². The fourth-order valence-electron chi connectivity index (χ4n) is 3.90. The van der Waals surface area contributed by atoms with E-state index in [9.17, 15) is 21.6 Å². The Morgan fingerprint density at radius 3 is 2.48 bits per heavy atom. The molecule has 0 aromatic carbocycles. The van der Waals surface area contributed by atoms with Gasteiger partial charge in [-0.25, -0.2) is 13.4 Å². The third-order valence-corrected chi connectivity index (χ3v) is 7.19. The Balaban J connectivity index is 1.92. The number of hydrogen-bond acceptors (Lipinski definition) is 4. The van der Waals surface area contributed by atoms with E-state index in [1.807, 2.05) is 0 Å². The molecule has 2 fully saturated rings. The largest absolute Gasteiger partial charge is 0.392 e. The van der Waals surface area contributed by atoms with E-state index in [1.165, 1.54) is 10.5 Å². The van der Waals surface area contributed by atoms with E-state index >= 15 is 0 Å². The molecule has 0 N–H and O–H groups in total. The second-order valence-electron chi connectivity index (χ2n) is 6.93. The van der Waals surface area contributed by atoms with Gasteiger partial charge in [-0.1, -0.05) is 0 Å². The minimum atomic E-state index is -4.34. The lowest BCUT2D eigenvalue weighted by Crippen LogP contribution is -2.56. The van der Waals surface area contributed by atoms with Crippen molar-refractivity contribution in [3.63, 3.8) is 0 Å². The summed E-state index contributed by atoms with van der Waals surface area (Å²) < 4.78 is 74.4. The maximum absolute atomic E-state index is 13.5. The smallest absolute Gasteiger partial charge is 0.381 e. The highest BCUT2D eigenvalue weighted by molar-refractivity contribution is 7.89. The molecule has 25 heavy (non-hydrogen) atoms. The number of hydrogen-bond donors (Lipinski definition) is 0. The Hall–Kier alpha value is -1.13. The third kappa shape index (κ3) is 3.31. The van der Waals surface area contributed by atoms with Crippen molar-refractivity contribution in [3.8, 4) is 0 Å². The molecule has 0 bridgehead atoms. The summed E-state index contributed by atoms with van der Waals surface area (Å²) in [5.74, 6) is -0.967. The van der Waals surface area contributed by atoms with E-state index in [4.69, 9.17) is 4.74 Å². The van der Waals surface area contributed by atoms with E-state index in [2.05, 4.69) is 4.98 Å². The first-order valence-corrected chi connectivity index (χ1v) is 9.65. The standard InChI is InChI=1S/C15H22F3N3O3S/c1-11-19-13(9-20(11)2)25(22,23)21-6-3-12(15(16,17)18)14(10-21)4-7-24-8-5-14/h9,12H,3-8,10H2,1-2H3/t12-/m1/s1. The van der Waals surface area contributed by atoms with Crippen LogP contribution in [0.2, 0.25) is 0 Å². The van der Waals surface area contributed by atoms with Crippen molar-refractivity contribution in [3.05, 3.63) is 12.0 Å². The highest BCUT2D eigenvalue weighted by atomic mass is 32.2. The number of ether oxygens (including phenoxy) is 1. The fourth-order valence-corrected chi connectivity index (χ4v) is 5.48. The van der Waals surface area contributed by atoms with Gasteiger partial charge in [0.2, 0.25) is 0 Å². The predicted molar refractivity (Wildman–Crippen MR) is 83.4 cm³/mol. The molecule has 3 rings (SSSR count). The number of imidazole rings is 1. The molecule has 3 heterocycles. The maximum atomic E-state index is 13.5. The summed E-state index contributed by atoms with van der Waals surface area (Å²) in [5, 5.41) is -0.111. The molecule has 10 heteroatoms. The summed E-state index contributed by atoms with van der Waals surface area (Å²) in [7, 11) is -2.24. The number of rotatable bonds is 2. The molecule has 142 valence electrons. The lowest BCUT2D eigenvalue weighted by molar-refractivity contribution is -0.231. The highest BCUT2D eigenvalue weighted by Crippen LogP contribution is 2.51. The van der Waals surface area contributed by atoms with Crippen molar-refractivity contribution in [1.29, 1.82) is 0 Å². The normalized spacial score (nSPS) is 25.4. The number of piperidine rings is 1. The van der Waals surface area contributed by atoms with Crippen molar-refractivity contribution in [1.82, 2.24) is 13.9 Å². The lowest BCUT2D eigenvalue weighted by Gasteiger charge is -2.49. The molecule has 0 saturated carbocycles. The van der Waals surface area contributed by atoms with Crippen LogP contribution in [0.5, 0.6) is 0 Å². The van der Waals surface area contributed by atoms with E-state index in [-0.39, 0.29) is 50.6 Å². The van der Waals surface area contributed by atoms with Crippen LogP contribution in [-0.2, 0) is 21.8 Å². The molecule has 1 aromatic heterocycles. The maximum Gasteiger partial charge on any atom is 0.392 e. The Morgan fingerprint density at radius 2 is 1.96 bits per heavy atom. The van der Waals surface area contributed by atoms with E-state index in [1.54, 1.807) is 18.5 Å². The van der Waals surface area contributed by atoms with Gasteiger partial charge >= 0.3 is 6.18 Å². The van der Waals surface area contributed by atoms with Crippen LogP contribution in [-0.4, -0.2) is 54.8 Å². The fraction of sp³-hybridized carbons (Fsp3) is 0.800.